The minimum Gasteiger partial charge on any atom is -0.491 e. The third-order valence-corrected chi connectivity index (χ3v) is 3.99. The molecule has 3 aromatic rings. The maximum absolute atomic E-state index is 13.9. The van der Waals surface area contributed by atoms with Crippen molar-refractivity contribution in [3.63, 3.8) is 0 Å². The van der Waals surface area contributed by atoms with Gasteiger partial charge < -0.3 is 20.2 Å². The highest BCUT2D eigenvalue weighted by atomic mass is 19.1. The zero-order valence-corrected chi connectivity index (χ0v) is 13.3. The van der Waals surface area contributed by atoms with E-state index in [1.807, 2.05) is 0 Å². The lowest BCUT2D eigenvalue weighted by molar-refractivity contribution is 0.250. The largest absolute Gasteiger partial charge is 0.491 e. The van der Waals surface area contributed by atoms with Gasteiger partial charge in [0.2, 0.25) is 0 Å². The molecule has 0 fully saturated rings. The first-order chi connectivity index (χ1) is 12.1. The number of benzene rings is 1. The average molecular weight is 345 g/mol. The second-order valence-electron chi connectivity index (χ2n) is 5.78. The Balaban J connectivity index is 1.87. The van der Waals surface area contributed by atoms with Gasteiger partial charge in [0.1, 0.15) is 5.52 Å². The number of nitrogens with two attached hydrogens (primary N) is 1. The average Bonchev–Trinajstić information content (AvgIpc) is 2.90. The molecule has 1 aromatic carbocycles. The van der Waals surface area contributed by atoms with Crippen LogP contribution in [0.5, 0.6) is 11.8 Å². The van der Waals surface area contributed by atoms with Crippen LogP contribution in [0.3, 0.4) is 0 Å². The number of nitrogens with zero attached hydrogens (tertiary/aromatic N) is 3. The van der Waals surface area contributed by atoms with Crippen molar-refractivity contribution >= 4 is 17.0 Å². The van der Waals surface area contributed by atoms with Gasteiger partial charge in [0, 0.05) is 0 Å². The Hall–Kier alpha value is -3.10. The standard InChI is InChI=1S/C16H16FN5O3/c17-10-4-3-9-7-11(10)24-5-1-2-6-25-15-20-13(18)12-14(21-15)22(8-9)16(23)19-12/h3-4,7H,1-2,5-6,8H2,(H,19,23)(H2,18,20,21). The molecule has 9 heteroatoms. The summed E-state index contributed by atoms with van der Waals surface area (Å²) in [4.78, 5) is 23.3. The molecular formula is C16H16FN5O3. The molecule has 3 heterocycles. The molecule has 0 atom stereocenters. The smallest absolute Gasteiger partial charge is 0.328 e. The van der Waals surface area contributed by atoms with Crippen LogP contribution in [0.25, 0.3) is 11.2 Å². The minimum absolute atomic E-state index is 0.121. The van der Waals surface area contributed by atoms with Crippen LogP contribution in [0.1, 0.15) is 18.4 Å². The number of hydrogen-bond donors (Lipinski definition) is 2. The molecule has 4 rings (SSSR count). The topological polar surface area (TPSA) is 108 Å². The van der Waals surface area contributed by atoms with Crippen molar-refractivity contribution in [3.05, 3.63) is 40.1 Å². The first kappa shape index (κ1) is 15.4. The van der Waals surface area contributed by atoms with Crippen molar-refractivity contribution in [1.29, 1.82) is 0 Å². The summed E-state index contributed by atoms with van der Waals surface area (Å²) in [6.07, 6.45) is 1.37. The van der Waals surface area contributed by atoms with Crippen LogP contribution >= 0.6 is 0 Å². The van der Waals surface area contributed by atoms with Crippen LogP contribution in [0.15, 0.2) is 23.0 Å². The van der Waals surface area contributed by atoms with Crippen molar-refractivity contribution < 1.29 is 13.9 Å². The number of imidazole rings is 1. The van der Waals surface area contributed by atoms with Gasteiger partial charge in [-0.1, -0.05) is 6.07 Å². The highest BCUT2D eigenvalue weighted by molar-refractivity contribution is 5.81. The summed E-state index contributed by atoms with van der Waals surface area (Å²) >= 11 is 0. The summed E-state index contributed by atoms with van der Waals surface area (Å²) in [6.45, 7) is 0.915. The van der Waals surface area contributed by atoms with Crippen molar-refractivity contribution in [2.45, 2.75) is 19.4 Å². The van der Waals surface area contributed by atoms with Gasteiger partial charge in [0.15, 0.2) is 23.0 Å². The first-order valence-electron chi connectivity index (χ1n) is 7.92. The number of fused-ring (bicyclic) bond motifs is 3. The van der Waals surface area contributed by atoms with Gasteiger partial charge in [-0.2, -0.15) is 9.97 Å². The predicted molar refractivity (Wildman–Crippen MR) is 88.3 cm³/mol. The van der Waals surface area contributed by atoms with E-state index in [0.717, 1.165) is 0 Å². The molecule has 8 nitrogen and oxygen atoms in total. The van der Waals surface area contributed by atoms with E-state index in [0.29, 0.717) is 42.8 Å². The number of halogens is 1. The molecule has 2 aromatic heterocycles. The van der Waals surface area contributed by atoms with E-state index in [2.05, 4.69) is 15.0 Å². The van der Waals surface area contributed by atoms with E-state index < -0.39 is 5.82 Å². The van der Waals surface area contributed by atoms with E-state index in [-0.39, 0.29) is 29.8 Å². The summed E-state index contributed by atoms with van der Waals surface area (Å²) < 4.78 is 26.3. The lowest BCUT2D eigenvalue weighted by Gasteiger charge is -2.11. The summed E-state index contributed by atoms with van der Waals surface area (Å²) in [5, 5.41) is 0. The zero-order valence-electron chi connectivity index (χ0n) is 13.3. The molecule has 0 amide bonds. The summed E-state index contributed by atoms with van der Waals surface area (Å²) in [7, 11) is 0. The fourth-order valence-corrected chi connectivity index (χ4v) is 2.73. The monoisotopic (exact) mass is 345 g/mol. The molecule has 0 saturated carbocycles. The molecule has 0 aliphatic carbocycles. The van der Waals surface area contributed by atoms with Crippen LogP contribution in [0.2, 0.25) is 0 Å². The van der Waals surface area contributed by atoms with Gasteiger partial charge in [-0.05, 0) is 30.5 Å². The maximum atomic E-state index is 13.9. The molecule has 130 valence electrons. The van der Waals surface area contributed by atoms with E-state index in [1.165, 1.54) is 10.6 Å². The van der Waals surface area contributed by atoms with Crippen LogP contribution in [-0.2, 0) is 6.54 Å². The summed E-state index contributed by atoms with van der Waals surface area (Å²) in [5.41, 5.74) is 6.92. The summed E-state index contributed by atoms with van der Waals surface area (Å²) in [5.74, 6) is -0.128. The fraction of sp³-hybridized carbons (Fsp3) is 0.312. The lowest BCUT2D eigenvalue weighted by Crippen LogP contribution is -2.18. The first-order valence-corrected chi connectivity index (χ1v) is 7.92. The molecule has 1 aliphatic heterocycles. The molecule has 0 saturated heterocycles. The molecule has 1 aliphatic rings. The number of anilines is 1. The Bertz CT molecular complexity index is 997. The van der Waals surface area contributed by atoms with Crippen LogP contribution in [0.4, 0.5) is 10.2 Å². The number of hydrogen-bond acceptors (Lipinski definition) is 6. The third kappa shape index (κ3) is 2.88. The van der Waals surface area contributed by atoms with Gasteiger partial charge in [-0.25, -0.2) is 9.18 Å². The lowest BCUT2D eigenvalue weighted by atomic mass is 10.2. The number of H-pyrrole nitrogens is 1. The van der Waals surface area contributed by atoms with Gasteiger partial charge in [-0.15, -0.1) is 0 Å². The normalized spacial score (nSPS) is 14.8. The SMILES string of the molecule is Nc1nc2nc3c1[nH]c(=O)n3Cc1ccc(F)c(c1)OCCCCO2. The molecule has 0 radical (unpaired) electrons. The predicted octanol–water partition coefficient (Wildman–Crippen LogP) is 1.44. The third-order valence-electron chi connectivity index (χ3n) is 3.99. The van der Waals surface area contributed by atoms with Gasteiger partial charge in [-0.3, -0.25) is 4.57 Å². The van der Waals surface area contributed by atoms with Crippen molar-refractivity contribution in [2.75, 3.05) is 18.9 Å². The second-order valence-corrected chi connectivity index (χ2v) is 5.78. The zero-order chi connectivity index (χ0) is 17.4. The van der Waals surface area contributed by atoms with Gasteiger partial charge in [0.05, 0.1) is 19.8 Å². The number of aromatic amines is 1. The Labute approximate surface area is 141 Å². The van der Waals surface area contributed by atoms with Crippen molar-refractivity contribution in [3.8, 4) is 11.8 Å². The van der Waals surface area contributed by atoms with Gasteiger partial charge in [0.25, 0.3) is 0 Å². The van der Waals surface area contributed by atoms with E-state index in [4.69, 9.17) is 15.2 Å². The Morgan fingerprint density at radius 3 is 2.84 bits per heavy atom. The minimum atomic E-state index is -0.438. The van der Waals surface area contributed by atoms with Crippen LogP contribution in [-0.4, -0.2) is 32.7 Å². The Morgan fingerprint density at radius 1 is 1.20 bits per heavy atom. The number of aromatic nitrogens is 4. The number of ether oxygens (including phenoxy) is 2. The van der Waals surface area contributed by atoms with Crippen molar-refractivity contribution in [2.24, 2.45) is 0 Å². The van der Waals surface area contributed by atoms with Crippen LogP contribution in [0, 0.1) is 5.82 Å². The number of rotatable bonds is 0. The van der Waals surface area contributed by atoms with Gasteiger partial charge >= 0.3 is 11.7 Å². The van der Waals surface area contributed by atoms with Crippen LogP contribution < -0.4 is 20.9 Å². The molecule has 25 heavy (non-hydrogen) atoms. The van der Waals surface area contributed by atoms with E-state index in [9.17, 15) is 9.18 Å². The number of nitrogen functional groups attached to an aromatic ring is 1. The van der Waals surface area contributed by atoms with E-state index >= 15 is 0 Å². The molecule has 4 bridgehead atoms. The quantitative estimate of drug-likeness (QED) is 0.638. The highest BCUT2D eigenvalue weighted by Gasteiger charge is 2.16. The van der Waals surface area contributed by atoms with E-state index in [1.54, 1.807) is 12.1 Å². The highest BCUT2D eigenvalue weighted by Crippen LogP contribution is 2.22. The number of nitrogens with one attached hydrogen (secondary N) is 1. The summed E-state index contributed by atoms with van der Waals surface area (Å²) in [6, 6.07) is 4.64. The fourth-order valence-electron chi connectivity index (χ4n) is 2.73. The second kappa shape index (κ2) is 6.08. The molecular weight excluding hydrogens is 329 g/mol. The van der Waals surface area contributed by atoms with Crippen molar-refractivity contribution in [1.82, 2.24) is 19.5 Å². The molecule has 0 spiro atoms. The Kier molecular flexibility index (Phi) is 3.75. The molecule has 0 unspecified atom stereocenters. The molecule has 3 N–H and O–H groups in total. The maximum Gasteiger partial charge on any atom is 0.328 e. The Morgan fingerprint density at radius 2 is 2.00 bits per heavy atom.